The third-order valence-corrected chi connectivity index (χ3v) is 9.72. The molecule has 9 atom stereocenters. The van der Waals surface area contributed by atoms with Crippen molar-refractivity contribution in [3.8, 4) is 0 Å². The molecule has 4 aliphatic carbocycles. The zero-order valence-electron chi connectivity index (χ0n) is 19.2. The van der Waals surface area contributed by atoms with Gasteiger partial charge in [0.2, 0.25) is 0 Å². The van der Waals surface area contributed by atoms with E-state index in [9.17, 15) is 14.4 Å². The fourth-order valence-corrected chi connectivity index (χ4v) is 8.49. The van der Waals surface area contributed by atoms with Gasteiger partial charge in [-0.1, -0.05) is 20.8 Å². The zero-order chi connectivity index (χ0) is 21.8. The Morgan fingerprint density at radius 2 is 1.63 bits per heavy atom. The quantitative estimate of drug-likeness (QED) is 0.621. The maximum atomic E-state index is 12.8. The van der Waals surface area contributed by atoms with E-state index in [2.05, 4.69) is 20.8 Å². The van der Waals surface area contributed by atoms with Crippen molar-refractivity contribution in [3.05, 3.63) is 0 Å². The SMILES string of the molecule is CC[C@H]1C(=O)C[C@@H]2[C@H]3CC[C@H]4C[C@@H](OC(C)=O)[C@@H](OC(C)=O)C[C@]4(C)[C@H]3CC[C@@]21C. The van der Waals surface area contributed by atoms with Gasteiger partial charge in [0.1, 0.15) is 18.0 Å². The standard InChI is InChI=1S/C25H38O5/c1-6-18-21(28)12-20-17-8-7-16-11-22(29-14(2)26)23(30-15(3)27)13-25(16,5)19(17)9-10-24(18,20)4/h16-20,22-23H,6-13H2,1-5H3/t16-,17-,18-,19-,20+,22+,23-,24+,25-/m0/s1. The lowest BCUT2D eigenvalue weighted by molar-refractivity contribution is -0.195. The summed E-state index contributed by atoms with van der Waals surface area (Å²) in [6.07, 6.45) is 7.08. The van der Waals surface area contributed by atoms with Crippen LogP contribution in [0, 0.1) is 40.4 Å². The van der Waals surface area contributed by atoms with Gasteiger partial charge in [0.05, 0.1) is 0 Å². The van der Waals surface area contributed by atoms with E-state index in [1.807, 2.05) is 0 Å². The molecule has 0 aromatic rings. The highest BCUT2D eigenvalue weighted by Crippen LogP contribution is 2.67. The van der Waals surface area contributed by atoms with Gasteiger partial charge >= 0.3 is 11.9 Å². The molecule has 0 amide bonds. The van der Waals surface area contributed by atoms with Crippen LogP contribution in [0.4, 0.5) is 0 Å². The molecule has 5 heteroatoms. The fraction of sp³-hybridized carbons (Fsp3) is 0.880. The first-order valence-corrected chi connectivity index (χ1v) is 12.0. The second-order valence-electron chi connectivity index (χ2n) is 11.1. The van der Waals surface area contributed by atoms with Crippen LogP contribution in [0.3, 0.4) is 0 Å². The summed E-state index contributed by atoms with van der Waals surface area (Å²) in [6.45, 7) is 9.79. The Morgan fingerprint density at radius 1 is 0.967 bits per heavy atom. The molecule has 0 N–H and O–H groups in total. The summed E-state index contributed by atoms with van der Waals surface area (Å²) in [5, 5.41) is 0. The number of hydrogen-bond acceptors (Lipinski definition) is 5. The summed E-state index contributed by atoms with van der Waals surface area (Å²) < 4.78 is 11.3. The van der Waals surface area contributed by atoms with Crippen molar-refractivity contribution < 1.29 is 23.9 Å². The van der Waals surface area contributed by atoms with Gasteiger partial charge in [0, 0.05) is 26.2 Å². The van der Waals surface area contributed by atoms with E-state index in [1.165, 1.54) is 20.3 Å². The zero-order valence-corrected chi connectivity index (χ0v) is 19.2. The Morgan fingerprint density at radius 3 is 2.27 bits per heavy atom. The maximum Gasteiger partial charge on any atom is 0.303 e. The molecule has 0 aromatic carbocycles. The minimum atomic E-state index is -0.367. The number of ketones is 1. The smallest absolute Gasteiger partial charge is 0.303 e. The van der Waals surface area contributed by atoms with Crippen LogP contribution in [0.1, 0.15) is 86.0 Å². The van der Waals surface area contributed by atoms with Gasteiger partial charge in [-0.2, -0.15) is 0 Å². The molecule has 0 aliphatic heterocycles. The highest BCUT2D eigenvalue weighted by atomic mass is 16.6. The lowest BCUT2D eigenvalue weighted by atomic mass is 9.44. The Labute approximate surface area is 180 Å². The van der Waals surface area contributed by atoms with Crippen molar-refractivity contribution in [2.75, 3.05) is 0 Å². The molecule has 4 rings (SSSR count). The van der Waals surface area contributed by atoms with Crippen LogP contribution in [0.5, 0.6) is 0 Å². The topological polar surface area (TPSA) is 69.7 Å². The molecule has 5 nitrogen and oxygen atoms in total. The first-order valence-electron chi connectivity index (χ1n) is 12.0. The number of carbonyl (C=O) groups excluding carboxylic acids is 3. The predicted octanol–water partition coefficient (Wildman–Crippen LogP) is 4.71. The second-order valence-corrected chi connectivity index (χ2v) is 11.1. The predicted molar refractivity (Wildman–Crippen MR) is 112 cm³/mol. The van der Waals surface area contributed by atoms with Gasteiger partial charge < -0.3 is 9.47 Å². The van der Waals surface area contributed by atoms with Crippen molar-refractivity contribution in [2.24, 2.45) is 40.4 Å². The number of esters is 2. The molecule has 0 saturated heterocycles. The molecule has 4 saturated carbocycles. The van der Waals surface area contributed by atoms with Crippen LogP contribution in [0.2, 0.25) is 0 Å². The van der Waals surface area contributed by atoms with Crippen LogP contribution in [-0.4, -0.2) is 29.9 Å². The summed E-state index contributed by atoms with van der Waals surface area (Å²) in [7, 11) is 0. The van der Waals surface area contributed by atoms with E-state index in [4.69, 9.17) is 9.47 Å². The van der Waals surface area contributed by atoms with E-state index in [-0.39, 0.29) is 40.9 Å². The molecule has 168 valence electrons. The third kappa shape index (κ3) is 3.31. The average molecular weight is 419 g/mol. The van der Waals surface area contributed by atoms with Crippen molar-refractivity contribution >= 4 is 17.7 Å². The number of carbonyl (C=O) groups is 3. The number of fused-ring (bicyclic) bond motifs is 5. The fourth-order valence-electron chi connectivity index (χ4n) is 8.49. The molecule has 0 unspecified atom stereocenters. The van der Waals surface area contributed by atoms with Gasteiger partial charge in [-0.15, -0.1) is 0 Å². The number of ether oxygens (including phenoxy) is 2. The summed E-state index contributed by atoms with van der Waals surface area (Å²) in [5.41, 5.74) is 0.217. The summed E-state index contributed by atoms with van der Waals surface area (Å²) in [6, 6.07) is 0. The molecule has 30 heavy (non-hydrogen) atoms. The van der Waals surface area contributed by atoms with Crippen LogP contribution in [-0.2, 0) is 23.9 Å². The average Bonchev–Trinajstić information content (AvgIpc) is 2.91. The summed E-state index contributed by atoms with van der Waals surface area (Å²) in [4.78, 5) is 36.3. The van der Waals surface area contributed by atoms with E-state index in [0.717, 1.165) is 44.9 Å². The second kappa shape index (κ2) is 7.63. The summed E-state index contributed by atoms with van der Waals surface area (Å²) in [5.74, 6) is 2.18. The Hall–Kier alpha value is -1.39. The summed E-state index contributed by atoms with van der Waals surface area (Å²) >= 11 is 0. The molecule has 0 spiro atoms. The Balaban J connectivity index is 1.61. The van der Waals surface area contributed by atoms with E-state index >= 15 is 0 Å². The van der Waals surface area contributed by atoms with Gasteiger partial charge in [-0.05, 0) is 79.4 Å². The number of rotatable bonds is 3. The lowest BCUT2D eigenvalue weighted by Gasteiger charge is -2.61. The Bertz CT molecular complexity index is 731. The van der Waals surface area contributed by atoms with Crippen molar-refractivity contribution in [2.45, 2.75) is 98.2 Å². The maximum absolute atomic E-state index is 12.8. The normalized spacial score (nSPS) is 47.6. The molecule has 0 radical (unpaired) electrons. The first-order chi connectivity index (χ1) is 14.1. The van der Waals surface area contributed by atoms with E-state index in [0.29, 0.717) is 29.5 Å². The minimum Gasteiger partial charge on any atom is -0.459 e. The van der Waals surface area contributed by atoms with Crippen LogP contribution in [0.15, 0.2) is 0 Å². The Kier molecular flexibility index (Phi) is 5.55. The molecule has 0 heterocycles. The van der Waals surface area contributed by atoms with E-state index < -0.39 is 0 Å². The van der Waals surface area contributed by atoms with Crippen LogP contribution < -0.4 is 0 Å². The molecular formula is C25H38O5. The monoisotopic (exact) mass is 418 g/mol. The molecule has 4 fully saturated rings. The lowest BCUT2D eigenvalue weighted by Crippen LogP contribution is -2.57. The van der Waals surface area contributed by atoms with Gasteiger partial charge in [-0.25, -0.2) is 0 Å². The van der Waals surface area contributed by atoms with Crippen molar-refractivity contribution in [1.29, 1.82) is 0 Å². The third-order valence-electron chi connectivity index (χ3n) is 9.72. The van der Waals surface area contributed by atoms with Crippen LogP contribution >= 0.6 is 0 Å². The van der Waals surface area contributed by atoms with E-state index in [1.54, 1.807) is 0 Å². The van der Waals surface area contributed by atoms with Gasteiger partial charge in [0.25, 0.3) is 0 Å². The van der Waals surface area contributed by atoms with Crippen molar-refractivity contribution in [1.82, 2.24) is 0 Å². The largest absolute Gasteiger partial charge is 0.459 e. The van der Waals surface area contributed by atoms with Gasteiger partial charge in [0.15, 0.2) is 0 Å². The van der Waals surface area contributed by atoms with Crippen molar-refractivity contribution in [3.63, 3.8) is 0 Å². The molecule has 0 bridgehead atoms. The van der Waals surface area contributed by atoms with Gasteiger partial charge in [-0.3, -0.25) is 14.4 Å². The number of Topliss-reactive ketones (excluding diaryl/α,β-unsaturated/α-hetero) is 1. The number of hydrogen-bond donors (Lipinski definition) is 0. The highest BCUT2D eigenvalue weighted by molar-refractivity contribution is 5.84. The van der Waals surface area contributed by atoms with Crippen LogP contribution in [0.25, 0.3) is 0 Å². The first kappa shape index (κ1) is 21.8. The molecular weight excluding hydrogens is 380 g/mol. The highest BCUT2D eigenvalue weighted by Gasteiger charge is 2.63. The molecule has 0 aromatic heterocycles. The molecule has 4 aliphatic rings. The minimum absolute atomic E-state index is 0.0639.